The van der Waals surface area contributed by atoms with Crippen LogP contribution in [0.25, 0.3) is 0 Å². The molecule has 0 fully saturated rings. The van der Waals surface area contributed by atoms with Crippen molar-refractivity contribution in [2.45, 2.75) is 11.8 Å². The molecule has 0 aliphatic heterocycles. The molecule has 0 heterocycles. The molecular formula is C16H15BrF2O2. The molecule has 0 spiro atoms. The summed E-state index contributed by atoms with van der Waals surface area (Å²) in [5, 5.41) is 19.5. The summed E-state index contributed by atoms with van der Waals surface area (Å²) >= 11 is 3.18. The van der Waals surface area contributed by atoms with Gasteiger partial charge in [-0.1, -0.05) is 24.3 Å². The van der Waals surface area contributed by atoms with Crippen molar-refractivity contribution in [3.63, 3.8) is 0 Å². The van der Waals surface area contributed by atoms with Crippen molar-refractivity contribution in [3.05, 3.63) is 69.7 Å². The minimum Gasteiger partial charge on any atom is -0.395 e. The van der Waals surface area contributed by atoms with Gasteiger partial charge >= 0.3 is 0 Å². The first kappa shape index (κ1) is 16.1. The molecule has 112 valence electrons. The molecule has 2 aromatic carbocycles. The number of rotatable bonds is 5. The van der Waals surface area contributed by atoms with Gasteiger partial charge < -0.3 is 10.2 Å². The molecule has 0 unspecified atom stereocenters. The maximum atomic E-state index is 13.6. The highest BCUT2D eigenvalue weighted by atomic mass is 79.9. The van der Waals surface area contributed by atoms with Crippen molar-refractivity contribution in [3.8, 4) is 0 Å². The highest BCUT2D eigenvalue weighted by Gasteiger charge is 2.32. The van der Waals surface area contributed by atoms with Crippen molar-refractivity contribution in [2.75, 3.05) is 13.2 Å². The van der Waals surface area contributed by atoms with Gasteiger partial charge in [-0.2, -0.15) is 0 Å². The Hall–Kier alpha value is -1.30. The summed E-state index contributed by atoms with van der Waals surface area (Å²) in [6.45, 7) is -0.670. The first-order valence-electron chi connectivity index (χ1n) is 6.43. The largest absolute Gasteiger partial charge is 0.395 e. The van der Waals surface area contributed by atoms with E-state index in [9.17, 15) is 19.0 Å². The van der Waals surface area contributed by atoms with Gasteiger partial charge in [-0.05, 0) is 51.7 Å². The zero-order chi connectivity index (χ0) is 15.5. The molecule has 0 amide bonds. The van der Waals surface area contributed by atoms with Gasteiger partial charge in [0.2, 0.25) is 0 Å². The van der Waals surface area contributed by atoms with E-state index in [0.29, 0.717) is 15.6 Å². The number of halogens is 3. The highest BCUT2D eigenvalue weighted by molar-refractivity contribution is 9.10. The maximum Gasteiger partial charge on any atom is 0.137 e. The molecule has 21 heavy (non-hydrogen) atoms. The molecule has 0 aliphatic carbocycles. The minimum atomic E-state index is -0.996. The van der Waals surface area contributed by atoms with Crippen LogP contribution in [0.15, 0.2) is 46.9 Å². The Morgan fingerprint density at radius 1 is 0.952 bits per heavy atom. The fourth-order valence-corrected chi connectivity index (χ4v) is 2.70. The van der Waals surface area contributed by atoms with E-state index < -0.39 is 17.0 Å². The van der Waals surface area contributed by atoms with E-state index in [1.807, 2.05) is 0 Å². The molecule has 2 N–H and O–H groups in total. The van der Waals surface area contributed by atoms with E-state index in [4.69, 9.17) is 0 Å². The summed E-state index contributed by atoms with van der Waals surface area (Å²) in [7, 11) is 0. The smallest absolute Gasteiger partial charge is 0.137 e. The van der Waals surface area contributed by atoms with Crippen LogP contribution in [0.1, 0.15) is 11.1 Å². The Kier molecular flexibility index (Phi) is 5.08. The molecule has 0 bridgehead atoms. The Balaban J connectivity index is 2.43. The van der Waals surface area contributed by atoms with Gasteiger partial charge in [0.15, 0.2) is 0 Å². The fraction of sp³-hybridized carbons (Fsp3) is 0.250. The zero-order valence-corrected chi connectivity index (χ0v) is 12.8. The number of hydrogen-bond donors (Lipinski definition) is 2. The van der Waals surface area contributed by atoms with Gasteiger partial charge in [0.05, 0.1) is 17.7 Å². The zero-order valence-electron chi connectivity index (χ0n) is 11.2. The quantitative estimate of drug-likeness (QED) is 0.863. The van der Waals surface area contributed by atoms with E-state index in [1.165, 1.54) is 30.3 Å². The normalized spacial score (nSPS) is 11.7. The van der Waals surface area contributed by atoms with Gasteiger partial charge in [-0.25, -0.2) is 8.78 Å². The summed E-state index contributed by atoms with van der Waals surface area (Å²) in [4.78, 5) is 0. The fourth-order valence-electron chi connectivity index (χ4n) is 2.30. The van der Waals surface area contributed by atoms with Crippen LogP contribution in [-0.2, 0) is 11.8 Å². The topological polar surface area (TPSA) is 40.5 Å². The average Bonchev–Trinajstić information content (AvgIpc) is 2.50. The van der Waals surface area contributed by atoms with Crippen LogP contribution in [0.2, 0.25) is 0 Å². The predicted octanol–water partition coefficient (Wildman–Crippen LogP) is 3.19. The van der Waals surface area contributed by atoms with Crippen LogP contribution in [0.5, 0.6) is 0 Å². The van der Waals surface area contributed by atoms with Crippen LogP contribution < -0.4 is 0 Å². The van der Waals surface area contributed by atoms with Crippen LogP contribution in [-0.4, -0.2) is 23.4 Å². The molecule has 0 aromatic heterocycles. The Morgan fingerprint density at radius 2 is 1.57 bits per heavy atom. The lowest BCUT2D eigenvalue weighted by atomic mass is 9.77. The Bertz CT molecular complexity index is 610. The first-order valence-corrected chi connectivity index (χ1v) is 7.22. The van der Waals surface area contributed by atoms with Crippen molar-refractivity contribution in [1.29, 1.82) is 0 Å². The average molecular weight is 357 g/mol. The van der Waals surface area contributed by atoms with E-state index >= 15 is 0 Å². The molecule has 0 saturated heterocycles. The van der Waals surface area contributed by atoms with Gasteiger partial charge in [0.1, 0.15) is 11.6 Å². The monoisotopic (exact) mass is 356 g/mol. The SMILES string of the molecule is OCC(CO)(Cc1cccc(F)c1Br)c1ccc(F)cc1. The first-order chi connectivity index (χ1) is 10.0. The molecule has 0 atom stereocenters. The highest BCUT2D eigenvalue weighted by Crippen LogP contribution is 2.32. The van der Waals surface area contributed by atoms with Crippen molar-refractivity contribution in [2.24, 2.45) is 0 Å². The second kappa shape index (κ2) is 6.64. The third-order valence-electron chi connectivity index (χ3n) is 3.62. The summed E-state index contributed by atoms with van der Waals surface area (Å²) < 4.78 is 26.9. The van der Waals surface area contributed by atoms with Crippen molar-refractivity contribution in [1.82, 2.24) is 0 Å². The summed E-state index contributed by atoms with van der Waals surface area (Å²) in [5.74, 6) is -0.799. The lowest BCUT2D eigenvalue weighted by Gasteiger charge is -2.31. The van der Waals surface area contributed by atoms with Crippen LogP contribution in [0.3, 0.4) is 0 Å². The summed E-state index contributed by atoms with van der Waals surface area (Å²) in [6.07, 6.45) is 0.226. The number of aliphatic hydroxyl groups excluding tert-OH is 2. The number of benzene rings is 2. The van der Waals surface area contributed by atoms with Crippen LogP contribution >= 0.6 is 15.9 Å². The van der Waals surface area contributed by atoms with Gasteiger partial charge in [0, 0.05) is 5.41 Å². The van der Waals surface area contributed by atoms with E-state index in [2.05, 4.69) is 15.9 Å². The van der Waals surface area contributed by atoms with Gasteiger partial charge in [0.25, 0.3) is 0 Å². The van der Waals surface area contributed by atoms with Gasteiger partial charge in [-0.3, -0.25) is 0 Å². The lowest BCUT2D eigenvalue weighted by molar-refractivity contribution is 0.116. The third-order valence-corrected chi connectivity index (χ3v) is 4.51. The number of hydrogen-bond acceptors (Lipinski definition) is 2. The van der Waals surface area contributed by atoms with Crippen LogP contribution in [0.4, 0.5) is 8.78 Å². The predicted molar refractivity (Wildman–Crippen MR) is 80.1 cm³/mol. The second-order valence-corrected chi connectivity index (χ2v) is 5.79. The summed E-state index contributed by atoms with van der Waals surface area (Å²) in [6, 6.07) is 10.2. The molecular weight excluding hydrogens is 342 g/mol. The van der Waals surface area contributed by atoms with Crippen molar-refractivity contribution < 1.29 is 19.0 Å². The number of aliphatic hydroxyl groups is 2. The molecule has 5 heteroatoms. The van der Waals surface area contributed by atoms with E-state index in [0.717, 1.165) is 0 Å². The molecule has 0 aliphatic rings. The molecule has 2 rings (SSSR count). The van der Waals surface area contributed by atoms with Crippen molar-refractivity contribution >= 4 is 15.9 Å². The van der Waals surface area contributed by atoms with Gasteiger partial charge in [-0.15, -0.1) is 0 Å². The lowest BCUT2D eigenvalue weighted by Crippen LogP contribution is -2.37. The molecule has 2 nitrogen and oxygen atoms in total. The minimum absolute atomic E-state index is 0.226. The molecule has 2 aromatic rings. The maximum absolute atomic E-state index is 13.6. The molecule has 0 saturated carbocycles. The Labute approximate surface area is 130 Å². The van der Waals surface area contributed by atoms with Crippen LogP contribution in [0, 0.1) is 11.6 Å². The standard InChI is InChI=1S/C16H15BrF2O2/c17-15-11(2-1-3-14(15)19)8-16(9-20,10-21)12-4-6-13(18)7-5-12/h1-7,20-21H,8-10H2. The van der Waals surface area contributed by atoms with E-state index in [-0.39, 0.29) is 19.6 Å². The summed E-state index contributed by atoms with van der Waals surface area (Å²) in [5.41, 5.74) is 0.233. The van der Waals surface area contributed by atoms with E-state index in [1.54, 1.807) is 12.1 Å². The third kappa shape index (κ3) is 3.31. The molecule has 0 radical (unpaired) electrons. The second-order valence-electron chi connectivity index (χ2n) is 4.99. The Morgan fingerprint density at radius 3 is 2.14 bits per heavy atom.